The third kappa shape index (κ3) is 9.71. The van der Waals surface area contributed by atoms with E-state index in [2.05, 4.69) is 26.5 Å². The lowest BCUT2D eigenvalue weighted by Gasteiger charge is -2.59. The minimum absolute atomic E-state index is 0.00321. The lowest BCUT2D eigenvalue weighted by atomic mass is 9.62. The maximum atomic E-state index is 15.7. The first-order chi connectivity index (χ1) is 30.5. The molecule has 4 amide bonds. The fraction of sp³-hybridized carbons (Fsp3) is 0.630. The summed E-state index contributed by atoms with van der Waals surface area (Å²) >= 11 is 0. The second-order valence-corrected chi connectivity index (χ2v) is 20.4. The van der Waals surface area contributed by atoms with Crippen LogP contribution in [0.15, 0.2) is 59.5 Å². The number of urea groups is 1. The highest BCUT2D eigenvalue weighted by Crippen LogP contribution is 2.54. The molecular weight excluding hydrogens is 833 g/mol. The monoisotopic (exact) mass is 895 g/mol. The van der Waals surface area contributed by atoms with Gasteiger partial charge in [-0.15, -0.1) is 0 Å². The van der Waals surface area contributed by atoms with Crippen molar-refractivity contribution >= 4 is 33.6 Å². The number of nitrogens with zero attached hydrogens (tertiary/aromatic N) is 5. The quantitative estimate of drug-likeness (QED) is 0.274. The maximum absolute atomic E-state index is 15.7. The fourth-order valence-electron chi connectivity index (χ4n) is 11.3. The van der Waals surface area contributed by atoms with Crippen molar-refractivity contribution < 1.29 is 41.1 Å². The summed E-state index contributed by atoms with van der Waals surface area (Å²) in [7, 11) is -2.53. The van der Waals surface area contributed by atoms with E-state index in [9.17, 15) is 22.8 Å². The van der Waals surface area contributed by atoms with Crippen molar-refractivity contribution in [3.8, 4) is 0 Å². The molecule has 0 radical (unpaired) electrons. The number of likely N-dealkylation sites (tertiary alicyclic amines) is 3. The van der Waals surface area contributed by atoms with Gasteiger partial charge < -0.3 is 39.7 Å². The summed E-state index contributed by atoms with van der Waals surface area (Å²) in [6.07, 6.45) is 9.21. The van der Waals surface area contributed by atoms with Gasteiger partial charge in [0.25, 0.3) is 0 Å². The smallest absolute Gasteiger partial charge is 0.407 e. The van der Waals surface area contributed by atoms with Crippen molar-refractivity contribution in [2.24, 2.45) is 17.8 Å². The van der Waals surface area contributed by atoms with Crippen LogP contribution in [0.5, 0.6) is 0 Å². The molecule has 0 aromatic heterocycles. The Bertz CT molecular complexity index is 2090. The van der Waals surface area contributed by atoms with E-state index in [1.807, 2.05) is 11.0 Å². The molecule has 2 aromatic carbocycles. The van der Waals surface area contributed by atoms with Gasteiger partial charge in [-0.05, 0) is 99.8 Å². The number of morpholine rings is 1. The largest absolute Gasteiger partial charge is 0.453 e. The Hall–Kier alpha value is -4.32. The molecule has 0 spiro atoms. The second-order valence-electron chi connectivity index (χ2n) is 18.2. The van der Waals surface area contributed by atoms with Crippen LogP contribution in [-0.4, -0.2) is 156 Å². The van der Waals surface area contributed by atoms with Gasteiger partial charge in [0, 0.05) is 89.4 Å². The van der Waals surface area contributed by atoms with Gasteiger partial charge in [0.05, 0.1) is 41.7 Å². The number of amides is 4. The number of rotatable bonds is 13. The first-order valence-electron chi connectivity index (χ1n) is 22.9. The van der Waals surface area contributed by atoms with Crippen LogP contribution in [0.2, 0.25) is 0 Å². The molecular formula is C46H63F2N7O7S. The average Bonchev–Trinajstić information content (AvgIpc) is 3.73. The van der Waals surface area contributed by atoms with E-state index in [1.165, 1.54) is 30.2 Å². The highest BCUT2D eigenvalue weighted by molar-refractivity contribution is 7.92. The zero-order valence-electron chi connectivity index (χ0n) is 36.4. The van der Waals surface area contributed by atoms with E-state index >= 15 is 8.78 Å². The van der Waals surface area contributed by atoms with Crippen LogP contribution >= 0.6 is 0 Å². The first-order valence-corrected chi connectivity index (χ1v) is 24.4. The third-order valence-corrected chi connectivity index (χ3v) is 16.7. The molecule has 2 aromatic rings. The Morgan fingerprint density at radius 2 is 1.65 bits per heavy atom. The Morgan fingerprint density at radius 1 is 0.873 bits per heavy atom. The summed E-state index contributed by atoms with van der Waals surface area (Å²) < 4.78 is 68.6. The van der Waals surface area contributed by atoms with E-state index < -0.39 is 38.6 Å². The zero-order chi connectivity index (χ0) is 44.1. The van der Waals surface area contributed by atoms with Gasteiger partial charge in [0.1, 0.15) is 11.6 Å². The number of piperidine rings is 2. The molecule has 17 heteroatoms. The fourth-order valence-corrected chi connectivity index (χ4v) is 13.1. The minimum Gasteiger partial charge on any atom is -0.453 e. The number of alkyl carbamates (subject to hydrolysis) is 1. The zero-order valence-corrected chi connectivity index (χ0v) is 37.2. The summed E-state index contributed by atoms with van der Waals surface area (Å²) in [4.78, 5) is 47.9. The highest BCUT2D eigenvalue weighted by Gasteiger charge is 2.56. The summed E-state index contributed by atoms with van der Waals surface area (Å²) in [5.74, 6) is -0.253. The molecule has 4 atom stereocenters. The first kappa shape index (κ1) is 45.3. The number of hydrogen-bond acceptors (Lipinski definition) is 10. The number of hydrogen-bond donors (Lipinski definition) is 2. The molecule has 0 bridgehead atoms. The molecule has 2 N–H and O–H groups in total. The van der Waals surface area contributed by atoms with Gasteiger partial charge in [-0.25, -0.2) is 26.8 Å². The maximum Gasteiger partial charge on any atom is 0.407 e. The van der Waals surface area contributed by atoms with Gasteiger partial charge in [0.15, 0.2) is 9.84 Å². The van der Waals surface area contributed by atoms with Crippen LogP contribution in [-0.2, 0) is 29.6 Å². The number of anilines is 1. The van der Waals surface area contributed by atoms with Crippen LogP contribution in [0.1, 0.15) is 56.9 Å². The molecule has 5 heterocycles. The van der Waals surface area contributed by atoms with Crippen molar-refractivity contribution in [3.05, 3.63) is 71.8 Å². The van der Waals surface area contributed by atoms with Crippen LogP contribution in [0.25, 0.3) is 0 Å². The normalized spacial score (nSPS) is 25.3. The molecule has 8 rings (SSSR count). The van der Waals surface area contributed by atoms with E-state index in [0.29, 0.717) is 70.4 Å². The topological polar surface area (TPSA) is 144 Å². The number of halogens is 2. The third-order valence-electron chi connectivity index (χ3n) is 14.6. The van der Waals surface area contributed by atoms with Crippen molar-refractivity contribution in [3.63, 3.8) is 0 Å². The van der Waals surface area contributed by atoms with Crippen LogP contribution < -0.4 is 15.5 Å². The second kappa shape index (κ2) is 19.8. The number of methoxy groups -OCH3 is 1. The molecule has 63 heavy (non-hydrogen) atoms. The minimum atomic E-state index is -3.92. The molecule has 6 aliphatic rings. The number of carbonyl (C=O) groups is 3. The van der Waals surface area contributed by atoms with Crippen molar-refractivity contribution in [2.45, 2.75) is 73.1 Å². The van der Waals surface area contributed by atoms with Crippen LogP contribution in [0, 0.1) is 29.4 Å². The highest BCUT2D eigenvalue weighted by atomic mass is 32.2. The van der Waals surface area contributed by atoms with Crippen molar-refractivity contribution in [1.82, 2.24) is 30.2 Å². The molecule has 6 fully saturated rings. The Morgan fingerprint density at radius 3 is 2.35 bits per heavy atom. The number of nitrogens with one attached hydrogen (secondary N) is 2. The number of ether oxygens (including phenoxy) is 2. The Labute approximate surface area is 370 Å². The summed E-state index contributed by atoms with van der Waals surface area (Å²) in [6, 6.07) is 10.8. The van der Waals surface area contributed by atoms with Gasteiger partial charge in [-0.3, -0.25) is 9.69 Å². The van der Waals surface area contributed by atoms with Crippen molar-refractivity contribution in [2.75, 3.05) is 104 Å². The summed E-state index contributed by atoms with van der Waals surface area (Å²) in [5, 5.41) is 5.04. The molecule has 5 aliphatic heterocycles. The molecule has 0 unspecified atom stereocenters. The van der Waals surface area contributed by atoms with Gasteiger partial charge >= 0.3 is 12.1 Å². The SMILES string of the molecule is COC(=O)N[C@H]1CCC[C@@H]1[C@](c1cccc(F)c1)(C1CCN(CC2CN(c3ccc(S(=O)(=O)[C@@H]4CCCN(C(=O)NC/C=C/C(=O)N5CCOCC5)C4)cc3F)C2)CC1)N1CCC1. The van der Waals surface area contributed by atoms with E-state index in [0.717, 1.165) is 82.9 Å². The van der Waals surface area contributed by atoms with Crippen LogP contribution in [0.3, 0.4) is 0 Å². The average molecular weight is 896 g/mol. The summed E-state index contributed by atoms with van der Waals surface area (Å²) in [5.41, 5.74) is 0.979. The summed E-state index contributed by atoms with van der Waals surface area (Å²) in [6.45, 7) is 8.44. The number of sulfone groups is 1. The van der Waals surface area contributed by atoms with E-state index in [1.54, 1.807) is 23.1 Å². The van der Waals surface area contributed by atoms with Gasteiger partial charge in [-0.1, -0.05) is 24.6 Å². The molecule has 1 aliphatic carbocycles. The van der Waals surface area contributed by atoms with Gasteiger partial charge in [-0.2, -0.15) is 0 Å². The van der Waals surface area contributed by atoms with E-state index in [4.69, 9.17) is 9.47 Å². The van der Waals surface area contributed by atoms with Crippen molar-refractivity contribution in [1.29, 1.82) is 0 Å². The number of carbonyl (C=O) groups excluding carboxylic acids is 3. The van der Waals surface area contributed by atoms with Crippen LogP contribution in [0.4, 0.5) is 24.1 Å². The number of benzene rings is 2. The molecule has 344 valence electrons. The standard InChI is InChI=1S/C46H63F2N7O7S/c1-61-45(58)50-41-11-3-10-39(41)46(55-19-6-20-55,35-7-2-8-36(47)27-35)34-15-21-51(22-16-34)29-33-30-54(31-33)42-14-13-37(28-40(42)48)63(59,60)38-9-5-18-53(32-38)44(57)49-17-4-12-43(56)52-23-25-62-26-24-52/h2,4,7-8,12-14,27-28,33-34,38-39,41H,3,5-6,9-11,15-26,29-32H2,1H3,(H,49,57)(H,50,58)/b12-4+/t38-,39+,41+,46-/m1/s1. The lowest BCUT2D eigenvalue weighted by molar-refractivity contribution is -0.130. The molecule has 14 nitrogen and oxygen atoms in total. The molecule has 5 saturated heterocycles. The van der Waals surface area contributed by atoms with Gasteiger partial charge in [0.2, 0.25) is 5.91 Å². The van der Waals surface area contributed by atoms with E-state index in [-0.39, 0.29) is 47.6 Å². The predicted molar refractivity (Wildman–Crippen MR) is 234 cm³/mol. The lowest BCUT2D eigenvalue weighted by Crippen LogP contribution is -2.65. The Balaban J connectivity index is 0.842. The Kier molecular flexibility index (Phi) is 14.2. The predicted octanol–water partition coefficient (Wildman–Crippen LogP) is 4.60. The molecule has 1 saturated carbocycles.